The Bertz CT molecular complexity index is 859. The summed E-state index contributed by atoms with van der Waals surface area (Å²) in [4.78, 5) is 6.91. The minimum atomic E-state index is -0.807. The first kappa shape index (κ1) is 16.2. The lowest BCUT2D eigenvalue weighted by Gasteiger charge is -2.36. The van der Waals surface area contributed by atoms with E-state index in [4.69, 9.17) is 4.42 Å². The minimum Gasteiger partial charge on any atom is -0.440 e. The van der Waals surface area contributed by atoms with Crippen molar-refractivity contribution in [1.82, 2.24) is 9.88 Å². The average Bonchev–Trinajstić information content (AvgIpc) is 3.08. The van der Waals surface area contributed by atoms with Gasteiger partial charge in [0.15, 0.2) is 23.1 Å². The maximum absolute atomic E-state index is 13.5. The number of para-hydroxylation sites is 2. The van der Waals surface area contributed by atoms with Gasteiger partial charge in [-0.25, -0.2) is 13.8 Å². The molecule has 3 aromatic rings. The molecule has 0 bridgehead atoms. The van der Waals surface area contributed by atoms with Crippen LogP contribution in [0.15, 0.2) is 46.9 Å². The molecule has 1 aliphatic heterocycles. The van der Waals surface area contributed by atoms with Gasteiger partial charge in [0.2, 0.25) is 0 Å². The molecule has 2 heterocycles. The Morgan fingerprint density at radius 1 is 1.16 bits per heavy atom. The lowest BCUT2D eigenvalue weighted by molar-refractivity contribution is 0.148. The maximum Gasteiger partial charge on any atom is 0.199 e. The van der Waals surface area contributed by atoms with Crippen molar-refractivity contribution >= 4 is 11.1 Å². The predicted octanol–water partition coefficient (Wildman–Crippen LogP) is 5.05. The number of likely N-dealkylation sites (tertiary alicyclic amines) is 1. The molecule has 2 atom stereocenters. The molecule has 1 aromatic heterocycles. The van der Waals surface area contributed by atoms with Gasteiger partial charge in [0.1, 0.15) is 5.52 Å². The number of hydrogen-bond acceptors (Lipinski definition) is 3. The summed E-state index contributed by atoms with van der Waals surface area (Å²) in [5, 5.41) is 0. The number of aromatic nitrogens is 1. The van der Waals surface area contributed by atoms with E-state index in [9.17, 15) is 8.78 Å². The van der Waals surface area contributed by atoms with Crippen LogP contribution in [0.4, 0.5) is 8.78 Å². The van der Waals surface area contributed by atoms with Gasteiger partial charge in [0.25, 0.3) is 0 Å². The second kappa shape index (κ2) is 6.56. The topological polar surface area (TPSA) is 29.3 Å². The maximum atomic E-state index is 13.5. The van der Waals surface area contributed by atoms with Crippen LogP contribution in [0.2, 0.25) is 0 Å². The van der Waals surface area contributed by atoms with Gasteiger partial charge >= 0.3 is 0 Å². The van der Waals surface area contributed by atoms with E-state index < -0.39 is 11.6 Å². The highest BCUT2D eigenvalue weighted by Crippen LogP contribution is 2.33. The second-order valence-electron chi connectivity index (χ2n) is 6.70. The first-order chi connectivity index (χ1) is 12.1. The van der Waals surface area contributed by atoms with Gasteiger partial charge in [-0.3, -0.25) is 4.90 Å². The Hall–Kier alpha value is -2.27. The highest BCUT2D eigenvalue weighted by Gasteiger charge is 2.28. The Kier molecular flexibility index (Phi) is 4.25. The first-order valence-corrected chi connectivity index (χ1v) is 8.66. The van der Waals surface area contributed by atoms with Crippen LogP contribution in [0, 0.1) is 11.6 Å². The van der Waals surface area contributed by atoms with Crippen molar-refractivity contribution in [3.05, 3.63) is 65.6 Å². The number of rotatable bonds is 3. The third-order valence-corrected chi connectivity index (χ3v) is 5.09. The van der Waals surface area contributed by atoms with Gasteiger partial charge in [0, 0.05) is 18.5 Å². The fourth-order valence-electron chi connectivity index (χ4n) is 3.61. The molecule has 1 aliphatic rings. The van der Waals surface area contributed by atoms with Gasteiger partial charge in [-0.1, -0.05) is 18.2 Å². The number of fused-ring (bicyclic) bond motifs is 1. The zero-order valence-corrected chi connectivity index (χ0v) is 14.1. The van der Waals surface area contributed by atoms with Crippen molar-refractivity contribution < 1.29 is 13.2 Å². The van der Waals surface area contributed by atoms with Crippen LogP contribution >= 0.6 is 0 Å². The van der Waals surface area contributed by atoms with Crippen LogP contribution in [0.3, 0.4) is 0 Å². The van der Waals surface area contributed by atoms with Crippen molar-refractivity contribution in [3.8, 4) is 0 Å². The molecule has 1 saturated heterocycles. The van der Waals surface area contributed by atoms with Gasteiger partial charge in [0.05, 0.1) is 0 Å². The fraction of sp³-hybridized carbons (Fsp3) is 0.350. The van der Waals surface area contributed by atoms with Crippen LogP contribution in [-0.2, 0) is 0 Å². The first-order valence-electron chi connectivity index (χ1n) is 8.66. The van der Waals surface area contributed by atoms with Crippen LogP contribution in [0.5, 0.6) is 0 Å². The molecule has 2 aromatic carbocycles. The molecule has 1 fully saturated rings. The molecule has 0 aliphatic carbocycles. The van der Waals surface area contributed by atoms with Gasteiger partial charge < -0.3 is 4.42 Å². The summed E-state index contributed by atoms with van der Waals surface area (Å²) in [5.74, 6) is -0.618. The molecule has 4 rings (SSSR count). The van der Waals surface area contributed by atoms with E-state index in [-0.39, 0.29) is 12.0 Å². The van der Waals surface area contributed by atoms with E-state index in [1.807, 2.05) is 31.2 Å². The minimum absolute atomic E-state index is 0.0160. The molecule has 2 unspecified atom stereocenters. The Balaban J connectivity index is 1.54. The normalized spacial score (nSPS) is 20.0. The number of halogens is 2. The van der Waals surface area contributed by atoms with Gasteiger partial charge in [-0.2, -0.15) is 0 Å². The highest BCUT2D eigenvalue weighted by atomic mass is 19.2. The highest BCUT2D eigenvalue weighted by molar-refractivity contribution is 5.72. The summed E-state index contributed by atoms with van der Waals surface area (Å²) in [6.07, 6.45) is 2.05. The monoisotopic (exact) mass is 342 g/mol. The molecule has 0 saturated carbocycles. The van der Waals surface area contributed by atoms with Crippen LogP contribution in [0.25, 0.3) is 11.1 Å². The van der Waals surface area contributed by atoms with Crippen molar-refractivity contribution in [2.45, 2.75) is 31.7 Å². The summed E-state index contributed by atoms with van der Waals surface area (Å²) in [6.45, 7) is 3.75. The third kappa shape index (κ3) is 3.16. The molecule has 0 N–H and O–H groups in total. The average molecular weight is 342 g/mol. The zero-order valence-electron chi connectivity index (χ0n) is 14.1. The molecule has 3 nitrogen and oxygen atoms in total. The molecule has 130 valence electrons. The van der Waals surface area contributed by atoms with Crippen molar-refractivity contribution in [2.75, 3.05) is 13.1 Å². The zero-order chi connectivity index (χ0) is 17.4. The Labute approximate surface area is 145 Å². The summed E-state index contributed by atoms with van der Waals surface area (Å²) < 4.78 is 32.7. The van der Waals surface area contributed by atoms with Crippen molar-refractivity contribution in [3.63, 3.8) is 0 Å². The summed E-state index contributed by atoms with van der Waals surface area (Å²) in [6, 6.07) is 11.9. The molecular formula is C20H20F2N2O. The van der Waals surface area contributed by atoms with Gasteiger partial charge in [-0.15, -0.1) is 0 Å². The molecule has 0 spiro atoms. The number of nitrogens with zero attached hydrogens (tertiary/aromatic N) is 2. The fourth-order valence-corrected chi connectivity index (χ4v) is 3.61. The van der Waals surface area contributed by atoms with Gasteiger partial charge in [-0.05, 0) is 56.1 Å². The quantitative estimate of drug-likeness (QED) is 0.667. The van der Waals surface area contributed by atoms with Crippen LogP contribution in [0.1, 0.15) is 43.2 Å². The van der Waals surface area contributed by atoms with E-state index in [2.05, 4.69) is 9.88 Å². The summed E-state index contributed by atoms with van der Waals surface area (Å²) in [7, 11) is 0. The number of benzene rings is 2. The van der Waals surface area contributed by atoms with E-state index >= 15 is 0 Å². The molecule has 0 amide bonds. The number of hydrogen-bond donors (Lipinski definition) is 0. The Morgan fingerprint density at radius 3 is 2.80 bits per heavy atom. The summed E-state index contributed by atoms with van der Waals surface area (Å²) in [5.41, 5.74) is 2.48. The SMILES string of the molecule is CC(c1ccc(F)c(F)c1)N1CCCC(c2nc3ccccc3o2)C1. The predicted molar refractivity (Wildman–Crippen MR) is 92.3 cm³/mol. The van der Waals surface area contributed by atoms with E-state index in [1.54, 1.807) is 6.07 Å². The molecule has 25 heavy (non-hydrogen) atoms. The van der Waals surface area contributed by atoms with Crippen LogP contribution in [-0.4, -0.2) is 23.0 Å². The molecule has 5 heteroatoms. The van der Waals surface area contributed by atoms with E-state index in [0.717, 1.165) is 48.5 Å². The lowest BCUT2D eigenvalue weighted by atomic mass is 9.95. The lowest BCUT2D eigenvalue weighted by Crippen LogP contribution is -2.36. The van der Waals surface area contributed by atoms with Crippen molar-refractivity contribution in [1.29, 1.82) is 0 Å². The second-order valence-corrected chi connectivity index (χ2v) is 6.70. The van der Waals surface area contributed by atoms with E-state index in [0.29, 0.717) is 0 Å². The largest absolute Gasteiger partial charge is 0.440 e. The smallest absolute Gasteiger partial charge is 0.199 e. The molecule has 0 radical (unpaired) electrons. The Morgan fingerprint density at radius 2 is 2.00 bits per heavy atom. The summed E-state index contributed by atoms with van der Waals surface area (Å²) >= 11 is 0. The standard InChI is InChI=1S/C20H20F2N2O/c1-13(14-8-9-16(21)17(22)11-14)24-10-4-5-15(12-24)20-23-18-6-2-3-7-19(18)25-20/h2-3,6-9,11,13,15H,4-5,10,12H2,1H3. The third-order valence-electron chi connectivity index (χ3n) is 5.09. The number of piperidine rings is 1. The van der Waals surface area contributed by atoms with E-state index in [1.165, 1.54) is 12.1 Å². The number of oxazole rings is 1. The molecular weight excluding hydrogens is 322 g/mol. The van der Waals surface area contributed by atoms with Crippen LogP contribution < -0.4 is 0 Å². The van der Waals surface area contributed by atoms with Crippen molar-refractivity contribution in [2.24, 2.45) is 0 Å².